The number of rotatable bonds is 4. The number of benzene rings is 1. The van der Waals surface area contributed by atoms with Gasteiger partial charge in [0.15, 0.2) is 6.29 Å². The van der Waals surface area contributed by atoms with Gasteiger partial charge in [-0.3, -0.25) is 4.90 Å². The molecule has 4 rings (SSSR count). The van der Waals surface area contributed by atoms with Crippen LogP contribution in [0.1, 0.15) is 25.2 Å². The number of ether oxygens (including phenoxy) is 2. The van der Waals surface area contributed by atoms with Crippen LogP contribution in [-0.4, -0.2) is 47.2 Å². The second kappa shape index (κ2) is 7.19. The molecule has 2 aliphatic heterocycles. The monoisotopic (exact) mass is 349 g/mol. The fourth-order valence-corrected chi connectivity index (χ4v) is 3.45. The van der Waals surface area contributed by atoms with Crippen molar-refractivity contribution < 1.29 is 13.9 Å². The first-order valence-electron chi connectivity index (χ1n) is 8.35. The predicted molar refractivity (Wildman–Crippen MR) is 88.5 cm³/mol. The zero-order chi connectivity index (χ0) is 16.4. The minimum atomic E-state index is -0.135. The van der Waals surface area contributed by atoms with Gasteiger partial charge in [0.1, 0.15) is 0 Å². The second-order valence-corrected chi connectivity index (χ2v) is 6.59. The molecule has 2 saturated heterocycles. The zero-order valence-electron chi connectivity index (χ0n) is 13.4. The summed E-state index contributed by atoms with van der Waals surface area (Å²) in [7, 11) is 0. The normalized spacial score (nSPS) is 23.0. The van der Waals surface area contributed by atoms with Crippen molar-refractivity contribution in [2.24, 2.45) is 0 Å². The minimum absolute atomic E-state index is 0.135. The number of hydrogen-bond acceptors (Lipinski definition) is 6. The minimum Gasteiger partial charge on any atom is -0.419 e. The van der Waals surface area contributed by atoms with E-state index in [1.54, 1.807) is 0 Å². The van der Waals surface area contributed by atoms with Crippen molar-refractivity contribution in [3.05, 3.63) is 35.2 Å². The Labute approximate surface area is 145 Å². The van der Waals surface area contributed by atoms with Crippen LogP contribution in [0.25, 0.3) is 11.5 Å². The Balaban J connectivity index is 1.46. The molecule has 0 amide bonds. The van der Waals surface area contributed by atoms with Gasteiger partial charge in [-0.25, -0.2) is 0 Å². The van der Waals surface area contributed by atoms with E-state index in [1.165, 1.54) is 12.8 Å². The summed E-state index contributed by atoms with van der Waals surface area (Å²) in [6.07, 6.45) is 3.30. The Morgan fingerprint density at radius 2 is 1.88 bits per heavy atom. The highest BCUT2D eigenvalue weighted by molar-refractivity contribution is 6.30. The summed E-state index contributed by atoms with van der Waals surface area (Å²) in [6, 6.07) is 7.64. The first-order valence-corrected chi connectivity index (χ1v) is 8.73. The molecule has 128 valence electrons. The maximum Gasteiger partial charge on any atom is 0.247 e. The second-order valence-electron chi connectivity index (χ2n) is 6.15. The molecule has 0 unspecified atom stereocenters. The third kappa shape index (κ3) is 3.47. The summed E-state index contributed by atoms with van der Waals surface area (Å²) in [6.45, 7) is 2.97. The van der Waals surface area contributed by atoms with Crippen molar-refractivity contribution in [3.8, 4) is 11.5 Å². The van der Waals surface area contributed by atoms with Crippen LogP contribution in [0, 0.1) is 0 Å². The number of halogens is 1. The van der Waals surface area contributed by atoms with E-state index in [1.807, 2.05) is 24.3 Å². The van der Waals surface area contributed by atoms with Gasteiger partial charge in [0.05, 0.1) is 25.8 Å². The van der Waals surface area contributed by atoms with Crippen molar-refractivity contribution in [2.75, 3.05) is 19.8 Å². The van der Waals surface area contributed by atoms with Crippen molar-refractivity contribution >= 4 is 11.6 Å². The van der Waals surface area contributed by atoms with E-state index in [4.69, 9.17) is 25.5 Å². The lowest BCUT2D eigenvalue weighted by atomic mass is 10.0. The quantitative estimate of drug-likeness (QED) is 0.845. The molecule has 7 heteroatoms. The van der Waals surface area contributed by atoms with Gasteiger partial charge in [-0.15, -0.1) is 10.2 Å². The Morgan fingerprint density at radius 3 is 2.67 bits per heavy atom. The van der Waals surface area contributed by atoms with E-state index in [0.717, 1.165) is 18.5 Å². The Hall–Kier alpha value is -1.47. The maximum absolute atomic E-state index is 5.91. The maximum atomic E-state index is 5.91. The smallest absolute Gasteiger partial charge is 0.247 e. The molecule has 0 spiro atoms. The summed E-state index contributed by atoms with van der Waals surface area (Å²) >= 11 is 5.91. The first kappa shape index (κ1) is 16.0. The number of hydrogen-bond donors (Lipinski definition) is 0. The average molecular weight is 350 g/mol. The van der Waals surface area contributed by atoms with Gasteiger partial charge in [-0.2, -0.15) is 0 Å². The molecular formula is C17H20ClN3O3. The van der Waals surface area contributed by atoms with E-state index in [0.29, 0.717) is 36.6 Å². The lowest BCUT2D eigenvalue weighted by Gasteiger charge is -2.37. The third-order valence-electron chi connectivity index (χ3n) is 4.52. The van der Waals surface area contributed by atoms with Crippen LogP contribution in [0.5, 0.6) is 0 Å². The highest BCUT2D eigenvalue weighted by Gasteiger charge is 2.34. The van der Waals surface area contributed by atoms with E-state index in [-0.39, 0.29) is 12.3 Å². The van der Waals surface area contributed by atoms with Crippen LogP contribution >= 0.6 is 11.6 Å². The van der Waals surface area contributed by atoms with Crippen molar-refractivity contribution in [1.82, 2.24) is 15.1 Å². The third-order valence-corrected chi connectivity index (χ3v) is 4.77. The lowest BCUT2D eigenvalue weighted by Crippen LogP contribution is -2.46. The average Bonchev–Trinajstić information content (AvgIpc) is 3.28. The van der Waals surface area contributed by atoms with Gasteiger partial charge >= 0.3 is 0 Å². The van der Waals surface area contributed by atoms with Crippen molar-refractivity contribution in [1.29, 1.82) is 0 Å². The molecule has 0 radical (unpaired) electrons. The summed E-state index contributed by atoms with van der Waals surface area (Å²) in [4.78, 5) is 2.33. The van der Waals surface area contributed by atoms with Crippen LogP contribution in [0.2, 0.25) is 5.02 Å². The van der Waals surface area contributed by atoms with E-state index >= 15 is 0 Å². The van der Waals surface area contributed by atoms with Crippen molar-refractivity contribution in [3.63, 3.8) is 0 Å². The number of likely N-dealkylation sites (tertiary alicyclic amines) is 1. The fourth-order valence-electron chi connectivity index (χ4n) is 3.32. The standard InChI is InChI=1S/C17H20ClN3O3/c18-13-6-4-12(5-7-13)16-20-19-15(24-16)11-21-8-2-1-3-14(21)17-22-9-10-23-17/h4-7,14,17H,1-3,8-11H2/t14-/m0/s1. The largest absolute Gasteiger partial charge is 0.419 e. The van der Waals surface area contributed by atoms with Crippen LogP contribution in [0.3, 0.4) is 0 Å². The summed E-state index contributed by atoms with van der Waals surface area (Å²) in [5.41, 5.74) is 0.871. The van der Waals surface area contributed by atoms with Gasteiger partial charge in [-0.1, -0.05) is 18.0 Å². The molecule has 1 aromatic carbocycles. The van der Waals surface area contributed by atoms with E-state index in [9.17, 15) is 0 Å². The van der Waals surface area contributed by atoms with Crippen LogP contribution in [0.4, 0.5) is 0 Å². The Morgan fingerprint density at radius 1 is 1.08 bits per heavy atom. The number of nitrogens with zero attached hydrogens (tertiary/aromatic N) is 3. The topological polar surface area (TPSA) is 60.6 Å². The molecule has 2 aliphatic rings. The molecule has 0 N–H and O–H groups in total. The molecule has 1 atom stereocenters. The molecular weight excluding hydrogens is 330 g/mol. The molecule has 0 bridgehead atoms. The van der Waals surface area contributed by atoms with Gasteiger partial charge in [0.25, 0.3) is 0 Å². The Kier molecular flexibility index (Phi) is 4.80. The van der Waals surface area contributed by atoms with E-state index < -0.39 is 0 Å². The molecule has 0 saturated carbocycles. The molecule has 6 nitrogen and oxygen atoms in total. The van der Waals surface area contributed by atoms with Gasteiger partial charge in [-0.05, 0) is 43.7 Å². The lowest BCUT2D eigenvalue weighted by molar-refractivity contribution is -0.112. The van der Waals surface area contributed by atoms with Gasteiger partial charge < -0.3 is 13.9 Å². The van der Waals surface area contributed by atoms with Crippen LogP contribution in [-0.2, 0) is 16.0 Å². The predicted octanol–water partition coefficient (Wildman–Crippen LogP) is 3.12. The van der Waals surface area contributed by atoms with Crippen LogP contribution < -0.4 is 0 Å². The molecule has 3 heterocycles. The summed E-state index contributed by atoms with van der Waals surface area (Å²) < 4.78 is 17.2. The highest BCUT2D eigenvalue weighted by atomic mass is 35.5. The molecule has 0 aliphatic carbocycles. The SMILES string of the molecule is Clc1ccc(-c2nnc(CN3CCCC[C@H]3C3OCCO3)o2)cc1. The molecule has 2 aromatic rings. The Bertz CT molecular complexity index is 670. The molecule has 1 aromatic heterocycles. The fraction of sp³-hybridized carbons (Fsp3) is 0.529. The number of piperidine rings is 1. The number of aromatic nitrogens is 2. The van der Waals surface area contributed by atoms with Crippen LogP contribution in [0.15, 0.2) is 28.7 Å². The van der Waals surface area contributed by atoms with Crippen molar-refractivity contribution in [2.45, 2.75) is 38.1 Å². The first-order chi connectivity index (χ1) is 11.8. The summed E-state index contributed by atoms with van der Waals surface area (Å²) in [5, 5.41) is 9.04. The van der Waals surface area contributed by atoms with Gasteiger partial charge in [0, 0.05) is 10.6 Å². The molecule has 24 heavy (non-hydrogen) atoms. The molecule has 2 fully saturated rings. The van der Waals surface area contributed by atoms with Gasteiger partial charge in [0.2, 0.25) is 11.8 Å². The highest BCUT2D eigenvalue weighted by Crippen LogP contribution is 2.27. The zero-order valence-corrected chi connectivity index (χ0v) is 14.1. The van der Waals surface area contributed by atoms with E-state index in [2.05, 4.69) is 15.1 Å². The summed E-state index contributed by atoms with van der Waals surface area (Å²) in [5.74, 6) is 1.13.